The predicted octanol–water partition coefficient (Wildman–Crippen LogP) is 2.63. The van der Waals surface area contributed by atoms with Crippen molar-refractivity contribution < 1.29 is 13.2 Å². The fourth-order valence-corrected chi connectivity index (χ4v) is 1.80. The van der Waals surface area contributed by atoms with Gasteiger partial charge in [0.2, 0.25) is 0 Å². The highest BCUT2D eigenvalue weighted by atomic mass is 19.4. The van der Waals surface area contributed by atoms with Gasteiger partial charge in [-0.2, -0.15) is 13.2 Å². The molecule has 0 amide bonds. The van der Waals surface area contributed by atoms with Crippen molar-refractivity contribution in [2.24, 2.45) is 5.73 Å². The zero-order valence-electron chi connectivity index (χ0n) is 10.6. The first kappa shape index (κ1) is 14.8. The molecule has 0 atom stereocenters. The lowest BCUT2D eigenvalue weighted by atomic mass is 10.1. The Bertz CT molecular complexity index is 391. The van der Waals surface area contributed by atoms with Crippen molar-refractivity contribution >= 4 is 5.69 Å². The first-order valence-electron chi connectivity index (χ1n) is 5.84. The summed E-state index contributed by atoms with van der Waals surface area (Å²) in [5.74, 6) is 0. The van der Waals surface area contributed by atoms with E-state index in [-0.39, 0.29) is 6.54 Å². The van der Waals surface area contributed by atoms with Crippen molar-refractivity contribution in [1.29, 1.82) is 0 Å². The molecule has 0 aliphatic rings. The van der Waals surface area contributed by atoms with Crippen molar-refractivity contribution in [3.8, 4) is 0 Å². The number of nitrogens with two attached hydrogens (primary N) is 1. The standard InChI is InChI=1S/C12H18F3N3/c1-3-4-18(8-12(13,14)15)11-5-9(2)17-7-10(11)6-16/h5,7H,3-4,6,8,16H2,1-2H3. The minimum atomic E-state index is -4.22. The van der Waals surface area contributed by atoms with Gasteiger partial charge in [-0.15, -0.1) is 0 Å². The number of hydrogen-bond acceptors (Lipinski definition) is 3. The van der Waals surface area contributed by atoms with Crippen LogP contribution in [0, 0.1) is 6.92 Å². The van der Waals surface area contributed by atoms with Gasteiger partial charge in [-0.3, -0.25) is 4.98 Å². The van der Waals surface area contributed by atoms with Crippen molar-refractivity contribution in [3.05, 3.63) is 23.5 Å². The third-order valence-electron chi connectivity index (χ3n) is 2.52. The summed E-state index contributed by atoms with van der Waals surface area (Å²) in [7, 11) is 0. The molecule has 0 unspecified atom stereocenters. The maximum atomic E-state index is 12.6. The maximum absolute atomic E-state index is 12.6. The molecule has 102 valence electrons. The number of aromatic nitrogens is 1. The van der Waals surface area contributed by atoms with E-state index in [2.05, 4.69) is 4.98 Å². The molecule has 18 heavy (non-hydrogen) atoms. The molecule has 3 nitrogen and oxygen atoms in total. The zero-order valence-corrected chi connectivity index (χ0v) is 10.6. The Labute approximate surface area is 105 Å². The van der Waals surface area contributed by atoms with Crippen LogP contribution in [0.5, 0.6) is 0 Å². The van der Waals surface area contributed by atoms with Gasteiger partial charge in [0.05, 0.1) is 0 Å². The molecule has 0 bridgehead atoms. The number of hydrogen-bond donors (Lipinski definition) is 1. The number of rotatable bonds is 5. The molecular weight excluding hydrogens is 243 g/mol. The predicted molar refractivity (Wildman–Crippen MR) is 65.4 cm³/mol. The van der Waals surface area contributed by atoms with Gasteiger partial charge in [0, 0.05) is 36.2 Å². The van der Waals surface area contributed by atoms with Crippen LogP contribution in [-0.2, 0) is 6.54 Å². The summed E-state index contributed by atoms with van der Waals surface area (Å²) in [6.07, 6.45) is -2.04. The van der Waals surface area contributed by atoms with E-state index in [0.29, 0.717) is 29.9 Å². The molecule has 0 fully saturated rings. The molecule has 0 saturated carbocycles. The molecule has 0 spiro atoms. The van der Waals surface area contributed by atoms with E-state index in [1.54, 1.807) is 19.2 Å². The van der Waals surface area contributed by atoms with Crippen LogP contribution in [-0.4, -0.2) is 24.2 Å². The van der Waals surface area contributed by atoms with E-state index in [1.165, 1.54) is 4.90 Å². The molecule has 6 heteroatoms. The van der Waals surface area contributed by atoms with E-state index in [4.69, 9.17) is 5.73 Å². The van der Waals surface area contributed by atoms with Gasteiger partial charge >= 0.3 is 6.18 Å². The Morgan fingerprint density at radius 1 is 1.39 bits per heavy atom. The van der Waals surface area contributed by atoms with Gasteiger partial charge in [0.25, 0.3) is 0 Å². The van der Waals surface area contributed by atoms with E-state index >= 15 is 0 Å². The van der Waals surface area contributed by atoms with Crippen LogP contribution in [0.2, 0.25) is 0 Å². The highest BCUT2D eigenvalue weighted by Gasteiger charge is 2.31. The number of pyridine rings is 1. The van der Waals surface area contributed by atoms with Crippen LogP contribution in [0.4, 0.5) is 18.9 Å². The summed E-state index contributed by atoms with van der Waals surface area (Å²) in [5, 5.41) is 0. The summed E-state index contributed by atoms with van der Waals surface area (Å²) in [5.41, 5.74) is 7.41. The third-order valence-corrected chi connectivity index (χ3v) is 2.52. The average molecular weight is 261 g/mol. The summed E-state index contributed by atoms with van der Waals surface area (Å²) in [4.78, 5) is 5.38. The quantitative estimate of drug-likeness (QED) is 0.886. The van der Waals surface area contributed by atoms with E-state index in [1.807, 2.05) is 6.92 Å². The first-order chi connectivity index (χ1) is 8.37. The SMILES string of the molecule is CCCN(CC(F)(F)F)c1cc(C)ncc1CN. The molecule has 0 radical (unpaired) electrons. The molecule has 2 N–H and O–H groups in total. The number of halogens is 3. The minimum absolute atomic E-state index is 0.181. The summed E-state index contributed by atoms with van der Waals surface area (Å²) < 4.78 is 37.7. The summed E-state index contributed by atoms with van der Waals surface area (Å²) in [6, 6.07) is 1.66. The van der Waals surface area contributed by atoms with Gasteiger partial charge < -0.3 is 10.6 Å². The number of nitrogens with zero attached hydrogens (tertiary/aromatic N) is 2. The Kier molecular flexibility index (Phi) is 4.95. The molecule has 0 aliphatic heterocycles. The Morgan fingerprint density at radius 2 is 2.06 bits per heavy atom. The van der Waals surface area contributed by atoms with Crippen LogP contribution < -0.4 is 10.6 Å². The van der Waals surface area contributed by atoms with Gasteiger partial charge in [0.1, 0.15) is 6.54 Å². The molecule has 0 saturated heterocycles. The zero-order chi connectivity index (χ0) is 13.8. The first-order valence-corrected chi connectivity index (χ1v) is 5.84. The molecule has 1 aromatic rings. The van der Waals surface area contributed by atoms with Crippen molar-refractivity contribution in [2.45, 2.75) is 33.0 Å². The number of alkyl halides is 3. The van der Waals surface area contributed by atoms with Crippen molar-refractivity contribution in [2.75, 3.05) is 18.0 Å². The molecular formula is C12H18F3N3. The van der Waals surface area contributed by atoms with E-state index in [0.717, 1.165) is 0 Å². The second-order valence-electron chi connectivity index (χ2n) is 4.20. The highest BCUT2D eigenvalue weighted by molar-refractivity contribution is 5.53. The Hall–Kier alpha value is -1.30. The van der Waals surface area contributed by atoms with Crippen molar-refractivity contribution in [1.82, 2.24) is 4.98 Å². The Balaban J connectivity index is 3.07. The smallest absolute Gasteiger partial charge is 0.362 e. The van der Waals surface area contributed by atoms with Gasteiger partial charge in [0.15, 0.2) is 0 Å². The maximum Gasteiger partial charge on any atom is 0.405 e. The van der Waals surface area contributed by atoms with Crippen LogP contribution in [0.15, 0.2) is 12.3 Å². The normalized spacial score (nSPS) is 11.7. The largest absolute Gasteiger partial charge is 0.405 e. The number of anilines is 1. The topological polar surface area (TPSA) is 42.2 Å². The minimum Gasteiger partial charge on any atom is -0.362 e. The molecule has 0 aromatic carbocycles. The van der Waals surface area contributed by atoms with Gasteiger partial charge in [-0.1, -0.05) is 6.92 Å². The van der Waals surface area contributed by atoms with Crippen LogP contribution >= 0.6 is 0 Å². The Morgan fingerprint density at radius 3 is 2.56 bits per heavy atom. The van der Waals surface area contributed by atoms with Gasteiger partial charge in [-0.05, 0) is 19.4 Å². The second-order valence-corrected chi connectivity index (χ2v) is 4.20. The summed E-state index contributed by atoms with van der Waals surface area (Å²) >= 11 is 0. The summed E-state index contributed by atoms with van der Waals surface area (Å²) in [6.45, 7) is 3.16. The van der Waals surface area contributed by atoms with Crippen LogP contribution in [0.25, 0.3) is 0 Å². The van der Waals surface area contributed by atoms with E-state index < -0.39 is 12.7 Å². The van der Waals surface area contributed by atoms with Gasteiger partial charge in [-0.25, -0.2) is 0 Å². The third kappa shape index (κ3) is 4.18. The number of aryl methyl sites for hydroxylation is 1. The fraction of sp³-hybridized carbons (Fsp3) is 0.583. The lowest BCUT2D eigenvalue weighted by Crippen LogP contribution is -2.35. The second kappa shape index (κ2) is 6.04. The molecule has 1 heterocycles. The fourth-order valence-electron chi connectivity index (χ4n) is 1.80. The average Bonchev–Trinajstić information content (AvgIpc) is 2.26. The highest BCUT2D eigenvalue weighted by Crippen LogP contribution is 2.25. The lowest BCUT2D eigenvalue weighted by molar-refractivity contribution is -0.119. The lowest BCUT2D eigenvalue weighted by Gasteiger charge is -2.27. The molecule has 1 aromatic heterocycles. The van der Waals surface area contributed by atoms with Crippen molar-refractivity contribution in [3.63, 3.8) is 0 Å². The van der Waals surface area contributed by atoms with E-state index in [9.17, 15) is 13.2 Å². The van der Waals surface area contributed by atoms with Crippen LogP contribution in [0.1, 0.15) is 24.6 Å². The molecule has 0 aliphatic carbocycles. The van der Waals surface area contributed by atoms with Crippen LogP contribution in [0.3, 0.4) is 0 Å². The molecule has 1 rings (SSSR count). The monoisotopic (exact) mass is 261 g/mol.